The van der Waals surface area contributed by atoms with Crippen molar-refractivity contribution in [1.29, 1.82) is 0 Å². The normalized spacial score (nSPS) is 13.7. The third-order valence-electron chi connectivity index (χ3n) is 5.99. The number of nitrogens with zero attached hydrogens (tertiary/aromatic N) is 1. The topological polar surface area (TPSA) is 113 Å². The van der Waals surface area contributed by atoms with Crippen LogP contribution in [-0.2, 0) is 9.53 Å². The largest absolute Gasteiger partial charge is 0.457 e. The lowest BCUT2D eigenvalue weighted by Crippen LogP contribution is -2.34. The fourth-order valence-electron chi connectivity index (χ4n) is 4.25. The average Bonchev–Trinajstić information content (AvgIpc) is 3.61. The van der Waals surface area contributed by atoms with E-state index in [-0.39, 0.29) is 18.8 Å². The number of aromatic nitrogens is 1. The average molecular weight is 476 g/mol. The molecule has 1 heterocycles. The molecule has 4 rings (SSSR count). The number of ether oxygens (including phenoxy) is 2. The molecule has 1 atom stereocenters. The van der Waals surface area contributed by atoms with Crippen molar-refractivity contribution in [2.75, 3.05) is 6.61 Å². The summed E-state index contributed by atoms with van der Waals surface area (Å²) in [4.78, 5) is 36.9. The number of rotatable bonds is 10. The molecule has 1 fully saturated rings. The minimum atomic E-state index is -0.777. The lowest BCUT2D eigenvalue weighted by atomic mass is 10.0. The quantitative estimate of drug-likeness (QED) is 0.324. The summed E-state index contributed by atoms with van der Waals surface area (Å²) in [7, 11) is 0. The number of primary amides is 1. The van der Waals surface area contributed by atoms with Gasteiger partial charge >= 0.3 is 12.0 Å². The number of carbonyl (C=O) groups excluding carboxylic acids is 3. The van der Waals surface area contributed by atoms with Gasteiger partial charge in [-0.15, -0.1) is 0 Å². The molecule has 1 aliphatic rings. The fraction of sp³-hybridized carbons (Fsp3) is 0.296. The predicted octanol–water partition coefficient (Wildman–Crippen LogP) is 4.76. The minimum absolute atomic E-state index is 0.188. The molecule has 2 aromatic carbocycles. The molecule has 0 saturated heterocycles. The van der Waals surface area contributed by atoms with Crippen LogP contribution in [0.25, 0.3) is 0 Å². The van der Waals surface area contributed by atoms with Crippen LogP contribution >= 0.6 is 0 Å². The van der Waals surface area contributed by atoms with Crippen LogP contribution in [0.15, 0.2) is 60.7 Å². The summed E-state index contributed by atoms with van der Waals surface area (Å²) in [5, 5.41) is 2.57. The highest BCUT2D eigenvalue weighted by Crippen LogP contribution is 2.38. The summed E-state index contributed by atoms with van der Waals surface area (Å²) in [6.07, 6.45) is 2.04. The number of para-hydroxylation sites is 1. The fourth-order valence-corrected chi connectivity index (χ4v) is 4.25. The Labute approximate surface area is 204 Å². The summed E-state index contributed by atoms with van der Waals surface area (Å²) in [5.41, 5.74) is 8.46. The number of urea groups is 1. The number of nitrogens with one attached hydrogen (secondary N) is 1. The van der Waals surface area contributed by atoms with Gasteiger partial charge in [0, 0.05) is 23.0 Å². The molecule has 8 nitrogen and oxygen atoms in total. The maximum Gasteiger partial charge on any atom is 0.312 e. The number of benzene rings is 2. The molecule has 1 saturated carbocycles. The number of hydrogen-bond donors (Lipinski definition) is 2. The smallest absolute Gasteiger partial charge is 0.312 e. The number of amides is 2. The van der Waals surface area contributed by atoms with Crippen LogP contribution in [0.5, 0.6) is 11.5 Å². The number of hydrogen-bond acceptors (Lipinski definition) is 5. The number of nitrogens with two attached hydrogens (primary N) is 1. The molecule has 3 N–H and O–H groups in total. The van der Waals surface area contributed by atoms with Gasteiger partial charge in [-0.05, 0) is 62.6 Å². The van der Waals surface area contributed by atoms with Gasteiger partial charge in [-0.1, -0.05) is 30.3 Å². The maximum atomic E-state index is 12.7. The van der Waals surface area contributed by atoms with Gasteiger partial charge in [-0.25, -0.2) is 4.79 Å². The first kappa shape index (κ1) is 24.1. The van der Waals surface area contributed by atoms with Crippen molar-refractivity contribution in [2.45, 2.75) is 45.2 Å². The van der Waals surface area contributed by atoms with Crippen LogP contribution in [0, 0.1) is 13.8 Å². The molecule has 1 aromatic heterocycles. The second-order valence-corrected chi connectivity index (χ2v) is 8.72. The highest BCUT2D eigenvalue weighted by Gasteiger charge is 2.28. The van der Waals surface area contributed by atoms with E-state index >= 15 is 0 Å². The Morgan fingerprint density at radius 3 is 2.43 bits per heavy atom. The summed E-state index contributed by atoms with van der Waals surface area (Å²) in [5.74, 6) is 0.320. The summed E-state index contributed by atoms with van der Waals surface area (Å²) in [6, 6.07) is 17.0. The van der Waals surface area contributed by atoms with E-state index in [1.54, 1.807) is 24.3 Å². The Hall–Kier alpha value is -4.07. The van der Waals surface area contributed by atoms with E-state index < -0.39 is 18.0 Å². The van der Waals surface area contributed by atoms with Gasteiger partial charge in [-0.3, -0.25) is 9.59 Å². The zero-order chi connectivity index (χ0) is 24.9. The van der Waals surface area contributed by atoms with Crippen LogP contribution in [-0.4, -0.2) is 29.0 Å². The molecule has 35 heavy (non-hydrogen) atoms. The van der Waals surface area contributed by atoms with E-state index in [2.05, 4.69) is 9.88 Å². The molecule has 0 radical (unpaired) electrons. The van der Waals surface area contributed by atoms with Crippen molar-refractivity contribution >= 4 is 17.8 Å². The Bertz CT molecular complexity index is 1230. The standard InChI is InChI=1S/C27H29N3O5/c1-17-13-23(18(2)30(17)20-11-12-20)25(31)16-34-26(32)15-24(29-27(28)33)19-7-6-10-22(14-19)35-21-8-4-3-5-9-21/h3-10,13-14,20,24H,11-12,15-16H2,1-2H3,(H3,28,29,33). The third kappa shape index (κ3) is 6.09. The Balaban J connectivity index is 1.40. The molecule has 0 aliphatic heterocycles. The number of carbonyl (C=O) groups is 3. The van der Waals surface area contributed by atoms with E-state index in [0.717, 1.165) is 24.2 Å². The lowest BCUT2D eigenvalue weighted by Gasteiger charge is -2.18. The number of Topliss-reactive ketones (excluding diaryl/α,β-unsaturated/α-hetero) is 1. The van der Waals surface area contributed by atoms with Crippen LogP contribution in [0.4, 0.5) is 4.79 Å². The molecule has 2 amide bonds. The van der Waals surface area contributed by atoms with Crippen molar-refractivity contribution in [2.24, 2.45) is 5.73 Å². The Morgan fingerprint density at radius 2 is 1.74 bits per heavy atom. The Kier molecular flexibility index (Phi) is 7.19. The minimum Gasteiger partial charge on any atom is -0.457 e. The second kappa shape index (κ2) is 10.5. The van der Waals surface area contributed by atoms with Crippen LogP contribution in [0.2, 0.25) is 0 Å². The molecular formula is C27H29N3O5. The van der Waals surface area contributed by atoms with Crippen LogP contribution < -0.4 is 15.8 Å². The third-order valence-corrected chi connectivity index (χ3v) is 5.99. The molecular weight excluding hydrogens is 446 g/mol. The van der Waals surface area contributed by atoms with E-state index in [4.69, 9.17) is 15.2 Å². The van der Waals surface area contributed by atoms with Crippen LogP contribution in [0.3, 0.4) is 0 Å². The second-order valence-electron chi connectivity index (χ2n) is 8.72. The highest BCUT2D eigenvalue weighted by molar-refractivity contribution is 5.99. The number of ketones is 1. The van der Waals surface area contributed by atoms with Crippen molar-refractivity contribution in [3.8, 4) is 11.5 Å². The molecule has 1 unspecified atom stereocenters. The first-order valence-corrected chi connectivity index (χ1v) is 11.6. The monoisotopic (exact) mass is 475 g/mol. The molecule has 182 valence electrons. The molecule has 0 bridgehead atoms. The first-order chi connectivity index (χ1) is 16.8. The summed E-state index contributed by atoms with van der Waals surface area (Å²) in [6.45, 7) is 3.52. The highest BCUT2D eigenvalue weighted by atomic mass is 16.5. The lowest BCUT2D eigenvalue weighted by molar-refractivity contribution is -0.143. The van der Waals surface area contributed by atoms with Gasteiger partial charge in [0.2, 0.25) is 5.78 Å². The van der Waals surface area contributed by atoms with Crippen molar-refractivity contribution in [3.63, 3.8) is 0 Å². The van der Waals surface area contributed by atoms with Crippen LogP contribution in [0.1, 0.15) is 58.7 Å². The van der Waals surface area contributed by atoms with Crippen molar-refractivity contribution < 1.29 is 23.9 Å². The van der Waals surface area contributed by atoms with Crippen molar-refractivity contribution in [1.82, 2.24) is 9.88 Å². The Morgan fingerprint density at radius 1 is 1.03 bits per heavy atom. The van der Waals surface area contributed by atoms with Gasteiger partial charge in [0.15, 0.2) is 6.61 Å². The zero-order valence-electron chi connectivity index (χ0n) is 19.8. The predicted molar refractivity (Wildman–Crippen MR) is 131 cm³/mol. The molecule has 1 aliphatic carbocycles. The van der Waals surface area contributed by atoms with Gasteiger partial charge < -0.3 is 25.1 Å². The van der Waals surface area contributed by atoms with E-state index in [0.29, 0.717) is 28.7 Å². The summed E-state index contributed by atoms with van der Waals surface area (Å²) < 4.78 is 13.3. The SMILES string of the molecule is Cc1cc(C(=O)COC(=O)CC(NC(N)=O)c2cccc(Oc3ccccc3)c2)c(C)n1C1CC1. The van der Waals surface area contributed by atoms with Crippen molar-refractivity contribution in [3.05, 3.63) is 83.2 Å². The first-order valence-electron chi connectivity index (χ1n) is 11.6. The number of esters is 1. The molecule has 0 spiro atoms. The maximum absolute atomic E-state index is 12.7. The molecule has 8 heteroatoms. The van der Waals surface area contributed by atoms with E-state index in [9.17, 15) is 14.4 Å². The van der Waals surface area contributed by atoms with E-state index in [1.807, 2.05) is 50.2 Å². The van der Waals surface area contributed by atoms with Gasteiger partial charge in [0.25, 0.3) is 0 Å². The van der Waals surface area contributed by atoms with E-state index in [1.165, 1.54) is 0 Å². The zero-order valence-corrected chi connectivity index (χ0v) is 19.8. The van der Waals surface area contributed by atoms with Gasteiger partial charge in [0.1, 0.15) is 11.5 Å². The van der Waals surface area contributed by atoms with Gasteiger partial charge in [-0.2, -0.15) is 0 Å². The van der Waals surface area contributed by atoms with Gasteiger partial charge in [0.05, 0.1) is 12.5 Å². The number of aryl methyl sites for hydroxylation is 1. The molecule has 3 aromatic rings. The summed E-state index contributed by atoms with van der Waals surface area (Å²) >= 11 is 0.